The van der Waals surface area contributed by atoms with Crippen molar-refractivity contribution < 1.29 is 23.0 Å². The van der Waals surface area contributed by atoms with Crippen molar-refractivity contribution >= 4 is 0 Å². The Bertz CT molecular complexity index is 658. The molecular formula is C15H11F3O2. The summed E-state index contributed by atoms with van der Waals surface area (Å²) in [4.78, 5) is 0. The second kappa shape index (κ2) is 4.83. The lowest BCUT2D eigenvalue weighted by atomic mass is 9.94. The van der Waals surface area contributed by atoms with Gasteiger partial charge in [-0.05, 0) is 30.3 Å². The van der Waals surface area contributed by atoms with Crippen molar-refractivity contribution in [2.24, 2.45) is 0 Å². The third-order valence-electron chi connectivity index (χ3n) is 3.35. The molecule has 20 heavy (non-hydrogen) atoms. The molecule has 5 heteroatoms. The van der Waals surface area contributed by atoms with Crippen LogP contribution < -0.4 is 4.74 Å². The molecule has 0 fully saturated rings. The molecule has 1 aliphatic heterocycles. The largest absolute Gasteiger partial charge is 0.485 e. The Kier molecular flexibility index (Phi) is 3.14. The van der Waals surface area contributed by atoms with Gasteiger partial charge < -0.3 is 9.84 Å². The molecule has 2 aromatic carbocycles. The summed E-state index contributed by atoms with van der Waals surface area (Å²) in [5.41, 5.74) is 0.504. The second-order valence-electron chi connectivity index (χ2n) is 4.71. The zero-order valence-electron chi connectivity index (χ0n) is 10.3. The highest BCUT2D eigenvalue weighted by atomic mass is 19.1. The summed E-state index contributed by atoms with van der Waals surface area (Å²) in [6.45, 7) is 0. The summed E-state index contributed by atoms with van der Waals surface area (Å²) in [5, 5.41) is 10.0. The van der Waals surface area contributed by atoms with Crippen molar-refractivity contribution in [3.05, 3.63) is 65.0 Å². The molecular weight excluding hydrogens is 269 g/mol. The summed E-state index contributed by atoms with van der Waals surface area (Å²) in [6, 6.07) is 6.98. The molecule has 2 atom stereocenters. The average Bonchev–Trinajstić information content (AvgIpc) is 2.39. The number of ether oxygens (including phenoxy) is 1. The first-order chi connectivity index (χ1) is 9.54. The number of aliphatic hydroxyl groups excluding tert-OH is 1. The van der Waals surface area contributed by atoms with E-state index < -0.39 is 29.7 Å². The zero-order chi connectivity index (χ0) is 14.3. The van der Waals surface area contributed by atoms with Crippen LogP contribution in [-0.2, 0) is 0 Å². The van der Waals surface area contributed by atoms with Crippen LogP contribution >= 0.6 is 0 Å². The molecule has 1 heterocycles. The van der Waals surface area contributed by atoms with Crippen LogP contribution in [-0.4, -0.2) is 5.11 Å². The van der Waals surface area contributed by atoms with Crippen LogP contribution in [0.5, 0.6) is 5.75 Å². The fraction of sp³-hybridized carbons (Fsp3) is 0.200. The van der Waals surface area contributed by atoms with Gasteiger partial charge in [0.25, 0.3) is 0 Å². The zero-order valence-corrected chi connectivity index (χ0v) is 10.3. The van der Waals surface area contributed by atoms with Gasteiger partial charge in [0.15, 0.2) is 0 Å². The smallest absolute Gasteiger partial charge is 0.133 e. The lowest BCUT2D eigenvalue weighted by Gasteiger charge is -2.30. The van der Waals surface area contributed by atoms with E-state index in [0.717, 1.165) is 12.1 Å². The van der Waals surface area contributed by atoms with E-state index in [1.165, 1.54) is 24.3 Å². The van der Waals surface area contributed by atoms with E-state index in [0.29, 0.717) is 11.3 Å². The summed E-state index contributed by atoms with van der Waals surface area (Å²) in [5.74, 6) is -1.57. The van der Waals surface area contributed by atoms with Gasteiger partial charge in [-0.25, -0.2) is 13.2 Å². The molecule has 0 saturated heterocycles. The minimum atomic E-state index is -0.955. The molecule has 104 valence electrons. The highest BCUT2D eigenvalue weighted by molar-refractivity contribution is 5.39. The summed E-state index contributed by atoms with van der Waals surface area (Å²) in [6.07, 6.45) is -1.61. The predicted molar refractivity (Wildman–Crippen MR) is 65.7 cm³/mol. The van der Waals surface area contributed by atoms with Gasteiger partial charge >= 0.3 is 0 Å². The number of halogens is 3. The number of hydrogen-bond donors (Lipinski definition) is 1. The Morgan fingerprint density at radius 3 is 2.40 bits per heavy atom. The lowest BCUT2D eigenvalue weighted by Crippen LogP contribution is -2.20. The predicted octanol–water partition coefficient (Wildman–Crippen LogP) is 3.66. The minimum Gasteiger partial charge on any atom is -0.485 e. The van der Waals surface area contributed by atoms with Gasteiger partial charge in [0.2, 0.25) is 0 Å². The maximum Gasteiger partial charge on any atom is 0.133 e. The van der Waals surface area contributed by atoms with Crippen molar-refractivity contribution in [3.8, 4) is 5.75 Å². The maximum absolute atomic E-state index is 13.7. The van der Waals surface area contributed by atoms with E-state index in [1.54, 1.807) is 0 Å². The molecule has 0 aliphatic carbocycles. The van der Waals surface area contributed by atoms with E-state index in [9.17, 15) is 18.3 Å². The first kappa shape index (κ1) is 13.0. The maximum atomic E-state index is 13.7. The van der Waals surface area contributed by atoms with Crippen LogP contribution in [0.15, 0.2) is 36.4 Å². The van der Waals surface area contributed by atoms with Crippen molar-refractivity contribution in [1.29, 1.82) is 0 Å². The molecule has 0 saturated carbocycles. The molecule has 1 aliphatic rings. The minimum absolute atomic E-state index is 0.0823. The van der Waals surface area contributed by atoms with Gasteiger partial charge in [0.05, 0.1) is 6.10 Å². The number of fused-ring (bicyclic) bond motifs is 1. The quantitative estimate of drug-likeness (QED) is 0.863. The molecule has 2 aromatic rings. The Balaban J connectivity index is 1.97. The average molecular weight is 280 g/mol. The fourth-order valence-electron chi connectivity index (χ4n) is 2.37. The summed E-state index contributed by atoms with van der Waals surface area (Å²) < 4.78 is 45.3. The molecule has 0 aromatic heterocycles. The van der Waals surface area contributed by atoms with E-state index in [4.69, 9.17) is 4.74 Å². The molecule has 3 rings (SSSR count). The van der Waals surface area contributed by atoms with E-state index in [-0.39, 0.29) is 12.0 Å². The monoisotopic (exact) mass is 280 g/mol. The molecule has 0 spiro atoms. The van der Waals surface area contributed by atoms with E-state index in [1.807, 2.05) is 0 Å². The summed E-state index contributed by atoms with van der Waals surface area (Å²) >= 11 is 0. The van der Waals surface area contributed by atoms with Crippen LogP contribution in [0.3, 0.4) is 0 Å². The van der Waals surface area contributed by atoms with Gasteiger partial charge in [-0.2, -0.15) is 0 Å². The molecule has 0 amide bonds. The Morgan fingerprint density at radius 1 is 0.950 bits per heavy atom. The molecule has 2 nitrogen and oxygen atoms in total. The Hall–Kier alpha value is -2.01. The Labute approximate surface area is 113 Å². The molecule has 0 bridgehead atoms. The molecule has 0 radical (unpaired) electrons. The van der Waals surface area contributed by atoms with Crippen LogP contribution in [0.25, 0.3) is 0 Å². The second-order valence-corrected chi connectivity index (χ2v) is 4.71. The molecule has 1 N–H and O–H groups in total. The van der Waals surface area contributed by atoms with Crippen molar-refractivity contribution in [3.63, 3.8) is 0 Å². The van der Waals surface area contributed by atoms with Crippen molar-refractivity contribution in [2.45, 2.75) is 18.6 Å². The van der Waals surface area contributed by atoms with Crippen LogP contribution in [0.1, 0.15) is 29.8 Å². The first-order valence-corrected chi connectivity index (χ1v) is 6.13. The third kappa shape index (κ3) is 2.25. The van der Waals surface area contributed by atoms with Crippen molar-refractivity contribution in [2.75, 3.05) is 0 Å². The van der Waals surface area contributed by atoms with Crippen molar-refractivity contribution in [1.82, 2.24) is 0 Å². The van der Waals surface area contributed by atoms with Gasteiger partial charge in [-0.1, -0.05) is 0 Å². The van der Waals surface area contributed by atoms with Gasteiger partial charge in [0, 0.05) is 23.6 Å². The highest BCUT2D eigenvalue weighted by Gasteiger charge is 2.30. The van der Waals surface area contributed by atoms with Crippen LogP contribution in [0.4, 0.5) is 13.2 Å². The normalized spacial score (nSPS) is 21.2. The van der Waals surface area contributed by atoms with Crippen LogP contribution in [0, 0.1) is 17.5 Å². The number of aliphatic hydroxyl groups is 1. The first-order valence-electron chi connectivity index (χ1n) is 6.13. The molecule has 1 unspecified atom stereocenters. The lowest BCUT2D eigenvalue weighted by molar-refractivity contribution is 0.0636. The fourth-order valence-corrected chi connectivity index (χ4v) is 2.37. The van der Waals surface area contributed by atoms with E-state index >= 15 is 0 Å². The van der Waals surface area contributed by atoms with Gasteiger partial charge in [0.1, 0.15) is 29.3 Å². The van der Waals surface area contributed by atoms with Gasteiger partial charge in [-0.15, -0.1) is 0 Å². The standard InChI is InChI=1S/C15H11F3O2/c16-8-2-4-14-11(5-8)13(19)7-15(20-14)10-3-1-9(17)6-12(10)18/h1-6,13,15,19H,7H2/t13-,15?/m1/s1. The number of benzene rings is 2. The number of hydrogen-bond acceptors (Lipinski definition) is 2. The SMILES string of the molecule is O[C@@H]1CC(c2ccc(F)cc2F)Oc2ccc(F)cc21. The Morgan fingerprint density at radius 2 is 1.65 bits per heavy atom. The number of rotatable bonds is 1. The third-order valence-corrected chi connectivity index (χ3v) is 3.35. The highest BCUT2D eigenvalue weighted by Crippen LogP contribution is 2.41. The summed E-state index contributed by atoms with van der Waals surface area (Å²) in [7, 11) is 0. The van der Waals surface area contributed by atoms with E-state index in [2.05, 4.69) is 0 Å². The topological polar surface area (TPSA) is 29.5 Å². The van der Waals surface area contributed by atoms with Crippen LogP contribution in [0.2, 0.25) is 0 Å². The van der Waals surface area contributed by atoms with Gasteiger partial charge in [-0.3, -0.25) is 0 Å².